The van der Waals surface area contributed by atoms with E-state index in [1.54, 1.807) is 18.3 Å². The Balaban J connectivity index is 1.79. The summed E-state index contributed by atoms with van der Waals surface area (Å²) in [7, 11) is -1.59. The predicted molar refractivity (Wildman–Crippen MR) is 110 cm³/mol. The van der Waals surface area contributed by atoms with E-state index in [4.69, 9.17) is 11.6 Å². The number of benzene rings is 2. The van der Waals surface area contributed by atoms with Crippen LogP contribution in [-0.4, -0.2) is 50.5 Å². The number of likely N-dealkylation sites (N-methyl/N-ethyl adjacent to an activating group) is 1. The van der Waals surface area contributed by atoms with E-state index in [9.17, 15) is 8.42 Å². The van der Waals surface area contributed by atoms with Gasteiger partial charge in [-0.3, -0.25) is 0 Å². The van der Waals surface area contributed by atoms with Crippen molar-refractivity contribution in [1.82, 2.24) is 8.87 Å². The lowest BCUT2D eigenvalue weighted by Gasteiger charge is -2.34. The highest BCUT2D eigenvalue weighted by Gasteiger charge is 2.22. The van der Waals surface area contributed by atoms with Crippen LogP contribution in [0.25, 0.3) is 10.9 Å². The number of hydrogen-bond acceptors (Lipinski definition) is 4. The molecule has 2 heterocycles. The van der Waals surface area contributed by atoms with Gasteiger partial charge in [0.1, 0.15) is 0 Å². The number of aromatic nitrogens is 1. The Morgan fingerprint density at radius 2 is 1.74 bits per heavy atom. The summed E-state index contributed by atoms with van der Waals surface area (Å²) >= 11 is 6.15. The van der Waals surface area contributed by atoms with Crippen LogP contribution in [0.3, 0.4) is 0 Å². The summed E-state index contributed by atoms with van der Waals surface area (Å²) in [5, 5.41) is 1.40. The molecule has 1 aliphatic rings. The molecule has 0 radical (unpaired) electrons. The molecular weight excluding hydrogens is 382 g/mol. The fraction of sp³-hybridized carbons (Fsp3) is 0.300. The number of rotatable bonds is 3. The van der Waals surface area contributed by atoms with Crippen molar-refractivity contribution in [2.75, 3.05) is 38.1 Å². The smallest absolute Gasteiger partial charge is 0.268 e. The van der Waals surface area contributed by atoms with Gasteiger partial charge in [0, 0.05) is 48.5 Å². The van der Waals surface area contributed by atoms with Gasteiger partial charge in [-0.1, -0.05) is 23.7 Å². The van der Waals surface area contributed by atoms with Gasteiger partial charge < -0.3 is 9.80 Å². The summed E-state index contributed by atoms with van der Waals surface area (Å²) < 4.78 is 27.7. The van der Waals surface area contributed by atoms with Gasteiger partial charge in [0.2, 0.25) is 0 Å². The van der Waals surface area contributed by atoms with E-state index in [0.29, 0.717) is 10.5 Å². The third-order valence-electron chi connectivity index (χ3n) is 5.22. The summed E-state index contributed by atoms with van der Waals surface area (Å²) in [6.07, 6.45) is 1.63. The molecule has 2 aromatic carbocycles. The Morgan fingerprint density at radius 1 is 1.00 bits per heavy atom. The number of hydrogen-bond donors (Lipinski definition) is 0. The SMILES string of the molecule is Cc1ccc(S(=O)(=O)n2ccc3c(N4CCN(C)CC4)cccc32)cc1Cl. The molecule has 1 saturated heterocycles. The van der Waals surface area contributed by atoms with Gasteiger partial charge in [-0.25, -0.2) is 12.4 Å². The molecule has 4 rings (SSSR count). The summed E-state index contributed by atoms with van der Waals surface area (Å²) in [6.45, 7) is 5.71. The Hall–Kier alpha value is -2.02. The van der Waals surface area contributed by atoms with E-state index in [0.717, 1.165) is 42.8 Å². The number of anilines is 1. The van der Waals surface area contributed by atoms with E-state index in [-0.39, 0.29) is 4.90 Å². The van der Waals surface area contributed by atoms with Crippen LogP contribution < -0.4 is 4.90 Å². The van der Waals surface area contributed by atoms with Crippen LogP contribution in [0.15, 0.2) is 53.6 Å². The Kier molecular flexibility index (Phi) is 4.66. The first-order valence-electron chi connectivity index (χ1n) is 8.93. The van der Waals surface area contributed by atoms with Gasteiger partial charge >= 0.3 is 0 Å². The molecule has 0 bridgehead atoms. The van der Waals surface area contributed by atoms with Crippen molar-refractivity contribution in [3.05, 3.63) is 59.2 Å². The van der Waals surface area contributed by atoms with Crippen LogP contribution in [0.1, 0.15) is 5.56 Å². The van der Waals surface area contributed by atoms with Gasteiger partial charge in [-0.15, -0.1) is 0 Å². The quantitative estimate of drug-likeness (QED) is 0.670. The van der Waals surface area contributed by atoms with Crippen molar-refractivity contribution in [2.45, 2.75) is 11.8 Å². The number of aryl methyl sites for hydroxylation is 1. The number of fused-ring (bicyclic) bond motifs is 1. The molecular formula is C20H22ClN3O2S. The van der Waals surface area contributed by atoms with Gasteiger partial charge in [-0.2, -0.15) is 0 Å². The van der Waals surface area contributed by atoms with Gasteiger partial charge in [0.25, 0.3) is 10.0 Å². The Morgan fingerprint density at radius 3 is 2.44 bits per heavy atom. The maximum Gasteiger partial charge on any atom is 0.268 e. The molecule has 27 heavy (non-hydrogen) atoms. The zero-order valence-electron chi connectivity index (χ0n) is 15.4. The molecule has 0 aliphatic carbocycles. The molecule has 0 amide bonds. The summed E-state index contributed by atoms with van der Waals surface area (Å²) in [5.41, 5.74) is 2.62. The van der Waals surface area contributed by atoms with Crippen LogP contribution in [0.4, 0.5) is 5.69 Å². The number of halogens is 1. The second-order valence-corrected chi connectivity index (χ2v) is 9.25. The van der Waals surface area contributed by atoms with Crippen molar-refractivity contribution < 1.29 is 8.42 Å². The summed E-state index contributed by atoms with van der Waals surface area (Å²) in [5.74, 6) is 0. The zero-order chi connectivity index (χ0) is 19.2. The second-order valence-electron chi connectivity index (χ2n) is 7.03. The highest BCUT2D eigenvalue weighted by Crippen LogP contribution is 2.31. The minimum absolute atomic E-state index is 0.195. The first-order chi connectivity index (χ1) is 12.9. The van der Waals surface area contributed by atoms with Crippen molar-refractivity contribution in [3.8, 4) is 0 Å². The molecule has 0 atom stereocenters. The molecule has 5 nitrogen and oxygen atoms in total. The van der Waals surface area contributed by atoms with Crippen LogP contribution in [-0.2, 0) is 10.0 Å². The molecule has 7 heteroatoms. The third-order valence-corrected chi connectivity index (χ3v) is 7.31. The van der Waals surface area contributed by atoms with Gasteiger partial charge in [0.15, 0.2) is 0 Å². The van der Waals surface area contributed by atoms with Crippen LogP contribution in [0.5, 0.6) is 0 Å². The largest absolute Gasteiger partial charge is 0.368 e. The highest BCUT2D eigenvalue weighted by atomic mass is 35.5. The van der Waals surface area contributed by atoms with Crippen molar-refractivity contribution in [1.29, 1.82) is 0 Å². The lowest BCUT2D eigenvalue weighted by Crippen LogP contribution is -2.44. The first-order valence-corrected chi connectivity index (χ1v) is 10.7. The Bertz CT molecular complexity index is 1100. The molecule has 3 aromatic rings. The lowest BCUT2D eigenvalue weighted by molar-refractivity contribution is 0.313. The van der Waals surface area contributed by atoms with Crippen molar-refractivity contribution in [3.63, 3.8) is 0 Å². The minimum atomic E-state index is -3.71. The minimum Gasteiger partial charge on any atom is -0.368 e. The highest BCUT2D eigenvalue weighted by molar-refractivity contribution is 7.90. The standard InChI is InChI=1S/C20H22ClN3O2S/c1-15-6-7-16(14-18(15)21)27(25,26)24-9-8-17-19(4-3-5-20(17)24)23-12-10-22(2)11-13-23/h3-9,14H,10-13H2,1-2H3. The van der Waals surface area contributed by atoms with Gasteiger partial charge in [0.05, 0.1) is 10.4 Å². The van der Waals surface area contributed by atoms with Crippen molar-refractivity contribution >= 4 is 38.2 Å². The Labute approximate surface area is 164 Å². The van der Waals surface area contributed by atoms with Crippen LogP contribution in [0.2, 0.25) is 5.02 Å². The van der Waals surface area contributed by atoms with Crippen LogP contribution in [0, 0.1) is 6.92 Å². The molecule has 142 valence electrons. The molecule has 0 spiro atoms. The third kappa shape index (κ3) is 3.22. The monoisotopic (exact) mass is 403 g/mol. The number of piperazine rings is 1. The molecule has 0 saturated carbocycles. The van der Waals surface area contributed by atoms with Gasteiger partial charge in [-0.05, 0) is 49.9 Å². The zero-order valence-corrected chi connectivity index (χ0v) is 17.0. The first kappa shape index (κ1) is 18.3. The molecule has 0 unspecified atom stereocenters. The van der Waals surface area contributed by atoms with E-state index in [2.05, 4.69) is 22.9 Å². The molecule has 1 aromatic heterocycles. The molecule has 1 fully saturated rings. The molecule has 1 aliphatic heterocycles. The van der Waals surface area contributed by atoms with E-state index in [1.807, 2.05) is 25.1 Å². The van der Waals surface area contributed by atoms with E-state index in [1.165, 1.54) is 10.0 Å². The van der Waals surface area contributed by atoms with E-state index < -0.39 is 10.0 Å². The lowest BCUT2D eigenvalue weighted by atomic mass is 10.2. The predicted octanol–water partition coefficient (Wildman–Crippen LogP) is 3.59. The normalized spacial score (nSPS) is 16.2. The van der Waals surface area contributed by atoms with Crippen molar-refractivity contribution in [2.24, 2.45) is 0 Å². The topological polar surface area (TPSA) is 45.6 Å². The maximum atomic E-state index is 13.2. The van der Waals surface area contributed by atoms with Crippen LogP contribution >= 0.6 is 11.6 Å². The molecule has 0 N–H and O–H groups in total. The summed E-state index contributed by atoms with van der Waals surface area (Å²) in [4.78, 5) is 4.82. The fourth-order valence-corrected chi connectivity index (χ4v) is 5.13. The average Bonchev–Trinajstić information content (AvgIpc) is 3.09. The average molecular weight is 404 g/mol. The fourth-order valence-electron chi connectivity index (χ4n) is 3.51. The second kappa shape index (κ2) is 6.86. The maximum absolute atomic E-state index is 13.2. The van der Waals surface area contributed by atoms with E-state index >= 15 is 0 Å². The summed E-state index contributed by atoms with van der Waals surface area (Å²) in [6, 6.07) is 12.6. The number of nitrogens with zero attached hydrogens (tertiary/aromatic N) is 3.